The Bertz CT molecular complexity index is 1820. The molecule has 0 unspecified atom stereocenters. The van der Waals surface area contributed by atoms with Crippen LogP contribution in [-0.2, 0) is 19.5 Å². The SMILES string of the molecule is O=C(NS(=O)(=O)c1ccc(NC[C@H]2COCCO2)c([N+](=O)[O-])c1)c1ccc(N2CCNCC2)cc1Oc1cnc2[nH]ccc2c1. The van der Waals surface area contributed by atoms with E-state index in [0.717, 1.165) is 43.3 Å². The van der Waals surface area contributed by atoms with Crippen molar-refractivity contribution in [3.8, 4) is 11.5 Å². The van der Waals surface area contributed by atoms with E-state index >= 15 is 0 Å². The molecule has 2 aromatic carbocycles. The Hall–Kier alpha value is -4.77. The molecule has 1 amide bonds. The maximum atomic E-state index is 13.5. The molecule has 4 aromatic rings. The highest BCUT2D eigenvalue weighted by Crippen LogP contribution is 2.32. The minimum atomic E-state index is -4.52. The Morgan fingerprint density at radius 3 is 2.76 bits per heavy atom. The summed E-state index contributed by atoms with van der Waals surface area (Å²) < 4.78 is 45.7. The molecule has 2 aliphatic rings. The van der Waals surface area contributed by atoms with E-state index in [-0.39, 0.29) is 29.6 Å². The van der Waals surface area contributed by atoms with Crippen LogP contribution in [0.15, 0.2) is 65.8 Å². The first-order valence-electron chi connectivity index (χ1n) is 14.3. The standard InChI is InChI=1S/C29H31N7O8S/c37-29(34-45(40,41)23-2-4-25(26(15-23)36(38)39)32-17-22-18-42-11-12-43-22)24-3-1-20(35-9-7-30-8-10-35)14-27(24)44-21-13-19-5-6-31-28(19)33-16-21/h1-6,13-16,22,30,32H,7-12,17-18H2,(H,31,33)(H,34,37)/t22-/m0/s1. The third-order valence-electron chi connectivity index (χ3n) is 7.40. The van der Waals surface area contributed by atoms with E-state index in [4.69, 9.17) is 14.2 Å². The number of aromatic amines is 1. The second kappa shape index (κ2) is 13.1. The number of benzene rings is 2. The number of hydrogen-bond donors (Lipinski definition) is 4. The van der Waals surface area contributed by atoms with Gasteiger partial charge in [-0.25, -0.2) is 18.1 Å². The van der Waals surface area contributed by atoms with Crippen molar-refractivity contribution in [2.45, 2.75) is 11.0 Å². The molecule has 6 rings (SSSR count). The van der Waals surface area contributed by atoms with Crippen LogP contribution in [0.5, 0.6) is 11.5 Å². The molecule has 4 N–H and O–H groups in total. The number of amides is 1. The summed E-state index contributed by atoms with van der Waals surface area (Å²) in [7, 11) is -4.52. The Labute approximate surface area is 258 Å². The van der Waals surface area contributed by atoms with Crippen molar-refractivity contribution in [1.29, 1.82) is 0 Å². The van der Waals surface area contributed by atoms with Crippen LogP contribution in [0.3, 0.4) is 0 Å². The third kappa shape index (κ3) is 6.99. The summed E-state index contributed by atoms with van der Waals surface area (Å²) in [6.45, 7) is 4.49. The van der Waals surface area contributed by atoms with E-state index in [1.165, 1.54) is 24.4 Å². The lowest BCUT2D eigenvalue weighted by Gasteiger charge is -2.30. The van der Waals surface area contributed by atoms with Crippen molar-refractivity contribution in [3.05, 3.63) is 76.6 Å². The molecule has 2 fully saturated rings. The molecule has 16 heteroatoms. The maximum absolute atomic E-state index is 13.5. The van der Waals surface area contributed by atoms with Gasteiger partial charge in [0, 0.05) is 62.1 Å². The maximum Gasteiger partial charge on any atom is 0.293 e. The highest BCUT2D eigenvalue weighted by Gasteiger charge is 2.27. The lowest BCUT2D eigenvalue weighted by molar-refractivity contribution is -0.384. The lowest BCUT2D eigenvalue weighted by Crippen LogP contribution is -2.43. The zero-order chi connectivity index (χ0) is 31.4. The number of carbonyl (C=O) groups excluding carboxylic acids is 1. The van der Waals surface area contributed by atoms with Crippen molar-refractivity contribution in [2.24, 2.45) is 0 Å². The minimum absolute atomic E-state index is 0.0471. The number of nitrogens with one attached hydrogen (secondary N) is 4. The number of anilines is 2. The van der Waals surface area contributed by atoms with E-state index in [2.05, 4.69) is 25.5 Å². The molecule has 45 heavy (non-hydrogen) atoms. The van der Waals surface area contributed by atoms with Crippen molar-refractivity contribution >= 4 is 44.0 Å². The quantitative estimate of drug-likeness (QED) is 0.147. The van der Waals surface area contributed by atoms with Crippen LogP contribution < -0.4 is 25.0 Å². The van der Waals surface area contributed by atoms with Gasteiger partial charge in [-0.3, -0.25) is 14.9 Å². The van der Waals surface area contributed by atoms with Crippen molar-refractivity contribution in [3.63, 3.8) is 0 Å². The number of carbonyl (C=O) groups is 1. The van der Waals surface area contributed by atoms with Gasteiger partial charge in [0.2, 0.25) is 0 Å². The van der Waals surface area contributed by atoms with E-state index in [9.17, 15) is 23.3 Å². The summed E-state index contributed by atoms with van der Waals surface area (Å²) in [5, 5.41) is 18.8. The van der Waals surface area contributed by atoms with Crippen LogP contribution in [0, 0.1) is 10.1 Å². The lowest BCUT2D eigenvalue weighted by atomic mass is 10.1. The zero-order valence-corrected chi connectivity index (χ0v) is 24.8. The number of ether oxygens (including phenoxy) is 3. The second-order valence-electron chi connectivity index (χ2n) is 10.4. The highest BCUT2D eigenvalue weighted by atomic mass is 32.2. The molecule has 4 heterocycles. The van der Waals surface area contributed by atoms with Crippen molar-refractivity contribution < 1.29 is 32.3 Å². The molecule has 0 aliphatic carbocycles. The molecule has 0 radical (unpaired) electrons. The predicted molar refractivity (Wildman–Crippen MR) is 164 cm³/mol. The monoisotopic (exact) mass is 637 g/mol. The normalized spacial score (nSPS) is 17.2. The van der Waals surface area contributed by atoms with Gasteiger partial charge in [-0.05, 0) is 36.4 Å². The number of nitro benzene ring substituents is 1. The number of H-pyrrole nitrogens is 1. The van der Waals surface area contributed by atoms with E-state index in [0.29, 0.717) is 31.2 Å². The fourth-order valence-corrected chi connectivity index (χ4v) is 6.08. The van der Waals surface area contributed by atoms with E-state index in [1.54, 1.807) is 24.4 Å². The molecule has 0 spiro atoms. The molecule has 2 aliphatic heterocycles. The Morgan fingerprint density at radius 1 is 1.13 bits per heavy atom. The molecule has 236 valence electrons. The van der Waals surface area contributed by atoms with Crippen LogP contribution in [0.25, 0.3) is 11.0 Å². The first kappa shape index (κ1) is 30.3. The largest absolute Gasteiger partial charge is 0.455 e. The van der Waals surface area contributed by atoms with Gasteiger partial charge in [-0.15, -0.1) is 0 Å². The van der Waals surface area contributed by atoms with Gasteiger partial charge in [0.15, 0.2) is 0 Å². The number of piperazine rings is 1. The number of pyridine rings is 1. The number of sulfonamides is 1. The van der Waals surface area contributed by atoms with Crippen LogP contribution in [-0.4, -0.2) is 87.9 Å². The minimum Gasteiger partial charge on any atom is -0.455 e. The molecule has 1 atom stereocenters. The average Bonchev–Trinajstić information content (AvgIpc) is 3.52. The summed E-state index contributed by atoms with van der Waals surface area (Å²) >= 11 is 0. The molecule has 0 bridgehead atoms. The van der Waals surface area contributed by atoms with Gasteiger partial charge in [-0.1, -0.05) is 0 Å². The van der Waals surface area contributed by atoms with Crippen molar-refractivity contribution in [1.82, 2.24) is 20.0 Å². The Balaban J connectivity index is 1.25. The number of nitro groups is 1. The molecule has 0 saturated carbocycles. The Morgan fingerprint density at radius 2 is 1.98 bits per heavy atom. The summed E-state index contributed by atoms with van der Waals surface area (Å²) in [6.07, 6.45) is 2.93. The van der Waals surface area contributed by atoms with Crippen LogP contribution in [0.1, 0.15) is 10.4 Å². The predicted octanol–water partition coefficient (Wildman–Crippen LogP) is 2.62. The summed E-state index contributed by atoms with van der Waals surface area (Å²) in [4.78, 5) is 33.6. The molecule has 2 aromatic heterocycles. The fraction of sp³-hybridized carbons (Fsp3) is 0.310. The van der Waals surface area contributed by atoms with Gasteiger partial charge in [0.1, 0.15) is 22.8 Å². The summed E-state index contributed by atoms with van der Waals surface area (Å²) in [6, 6.07) is 11.8. The Kier molecular flexibility index (Phi) is 8.79. The van der Waals surface area contributed by atoms with E-state index < -0.39 is 31.4 Å². The number of fused-ring (bicyclic) bond motifs is 1. The third-order valence-corrected chi connectivity index (χ3v) is 8.73. The fourth-order valence-electron chi connectivity index (χ4n) is 5.10. The number of nitrogens with zero attached hydrogens (tertiary/aromatic N) is 3. The number of aromatic nitrogens is 2. The average molecular weight is 638 g/mol. The van der Waals surface area contributed by atoms with Crippen LogP contribution >= 0.6 is 0 Å². The van der Waals surface area contributed by atoms with Crippen molar-refractivity contribution in [2.75, 3.05) is 62.8 Å². The van der Waals surface area contributed by atoms with Gasteiger partial charge in [-0.2, -0.15) is 0 Å². The molecule has 2 saturated heterocycles. The number of hydrogen-bond acceptors (Lipinski definition) is 12. The van der Waals surface area contributed by atoms with E-state index in [1.807, 2.05) is 10.8 Å². The van der Waals surface area contributed by atoms with Gasteiger partial charge < -0.3 is 34.7 Å². The van der Waals surface area contributed by atoms with Crippen LogP contribution in [0.2, 0.25) is 0 Å². The highest BCUT2D eigenvalue weighted by molar-refractivity contribution is 7.90. The topological polar surface area (TPSA) is 190 Å². The van der Waals surface area contributed by atoms with Gasteiger partial charge in [0.25, 0.3) is 21.6 Å². The summed E-state index contributed by atoms with van der Waals surface area (Å²) in [5.74, 6) is -0.498. The number of rotatable bonds is 10. The van der Waals surface area contributed by atoms with Gasteiger partial charge >= 0.3 is 0 Å². The molecular formula is C29H31N7O8S. The molecule has 15 nitrogen and oxygen atoms in total. The van der Waals surface area contributed by atoms with Gasteiger partial charge in [0.05, 0.1) is 47.5 Å². The second-order valence-corrected chi connectivity index (χ2v) is 12.1. The zero-order valence-electron chi connectivity index (χ0n) is 24.0. The first-order valence-corrected chi connectivity index (χ1v) is 15.7. The summed E-state index contributed by atoms with van der Waals surface area (Å²) in [5.41, 5.74) is 1.04. The molecular weight excluding hydrogens is 606 g/mol. The van der Waals surface area contributed by atoms with Crippen LogP contribution in [0.4, 0.5) is 17.1 Å². The first-order chi connectivity index (χ1) is 21.8. The smallest absolute Gasteiger partial charge is 0.293 e.